The summed E-state index contributed by atoms with van der Waals surface area (Å²) in [5, 5.41) is 19.3. The van der Waals surface area contributed by atoms with Gasteiger partial charge >= 0.3 is 0 Å². The van der Waals surface area contributed by atoms with E-state index in [0.717, 1.165) is 32.7 Å². The lowest BCUT2D eigenvalue weighted by Crippen LogP contribution is -2.54. The fourth-order valence-corrected chi connectivity index (χ4v) is 2.18. The van der Waals surface area contributed by atoms with E-state index in [0.29, 0.717) is 0 Å². The van der Waals surface area contributed by atoms with E-state index in [2.05, 4.69) is 16.7 Å². The summed E-state index contributed by atoms with van der Waals surface area (Å²) in [7, 11) is 0. The monoisotopic (exact) mass is 230 g/mol. The molecule has 0 aromatic rings. The first-order valence-corrected chi connectivity index (χ1v) is 6.16. The second kappa shape index (κ2) is 5.45. The third kappa shape index (κ3) is 4.37. The van der Waals surface area contributed by atoms with E-state index < -0.39 is 5.60 Å². The van der Waals surface area contributed by atoms with E-state index >= 15 is 0 Å². The van der Waals surface area contributed by atoms with Gasteiger partial charge in [-0.05, 0) is 27.7 Å². The van der Waals surface area contributed by atoms with E-state index in [4.69, 9.17) is 0 Å². The summed E-state index contributed by atoms with van der Waals surface area (Å²) >= 11 is 0. The quantitative estimate of drug-likeness (QED) is 0.721. The lowest BCUT2D eigenvalue weighted by Gasteiger charge is -2.40. The molecular weight excluding hydrogens is 204 g/mol. The van der Waals surface area contributed by atoms with Crippen LogP contribution in [0.2, 0.25) is 0 Å². The highest BCUT2D eigenvalue weighted by Gasteiger charge is 2.26. The molecule has 1 aliphatic heterocycles. The van der Waals surface area contributed by atoms with Crippen LogP contribution in [0.25, 0.3) is 0 Å². The number of aliphatic hydroxyl groups excluding tert-OH is 1. The van der Waals surface area contributed by atoms with Gasteiger partial charge in [-0.15, -0.1) is 0 Å². The summed E-state index contributed by atoms with van der Waals surface area (Å²) in [6.07, 6.45) is -0.277. The number of rotatable bonds is 4. The van der Waals surface area contributed by atoms with Gasteiger partial charge in [0.25, 0.3) is 0 Å². The number of hydrogen-bond acceptors (Lipinski definition) is 4. The average Bonchev–Trinajstić information content (AvgIpc) is 2.15. The molecule has 1 fully saturated rings. The summed E-state index contributed by atoms with van der Waals surface area (Å²) < 4.78 is 0. The van der Waals surface area contributed by atoms with Crippen molar-refractivity contribution in [1.29, 1.82) is 0 Å². The topological polar surface area (TPSA) is 46.9 Å². The van der Waals surface area contributed by atoms with E-state index in [1.54, 1.807) is 0 Å². The van der Waals surface area contributed by atoms with Crippen LogP contribution in [0.3, 0.4) is 0 Å². The van der Waals surface area contributed by atoms with Crippen molar-refractivity contribution in [3.05, 3.63) is 0 Å². The van der Waals surface area contributed by atoms with Crippen molar-refractivity contribution in [3.63, 3.8) is 0 Å². The zero-order valence-electron chi connectivity index (χ0n) is 11.0. The van der Waals surface area contributed by atoms with Gasteiger partial charge in [-0.25, -0.2) is 0 Å². The lowest BCUT2D eigenvalue weighted by atomic mass is 10.1. The number of hydrogen-bond donors (Lipinski definition) is 2. The Kier molecular flexibility index (Phi) is 4.73. The van der Waals surface area contributed by atoms with E-state index in [1.165, 1.54) is 0 Å². The molecule has 0 aliphatic carbocycles. The molecule has 4 heteroatoms. The fourth-order valence-electron chi connectivity index (χ4n) is 2.18. The minimum absolute atomic E-state index is 0.226. The Hall–Kier alpha value is -0.160. The van der Waals surface area contributed by atoms with Gasteiger partial charge in [0.05, 0.1) is 11.7 Å². The Morgan fingerprint density at radius 3 is 2.00 bits per heavy atom. The summed E-state index contributed by atoms with van der Waals surface area (Å²) in [5.74, 6) is 0. The molecule has 2 atom stereocenters. The van der Waals surface area contributed by atoms with Crippen LogP contribution < -0.4 is 0 Å². The van der Waals surface area contributed by atoms with Gasteiger partial charge in [0.2, 0.25) is 0 Å². The normalized spacial score (nSPS) is 24.4. The van der Waals surface area contributed by atoms with Crippen LogP contribution in [-0.4, -0.2) is 70.5 Å². The van der Waals surface area contributed by atoms with Gasteiger partial charge in [0.1, 0.15) is 0 Å². The van der Waals surface area contributed by atoms with E-state index in [9.17, 15) is 10.2 Å². The third-order valence-corrected chi connectivity index (χ3v) is 3.29. The molecule has 0 amide bonds. The highest BCUT2D eigenvalue weighted by Crippen LogP contribution is 2.12. The molecule has 1 aliphatic rings. The van der Waals surface area contributed by atoms with Crippen molar-refractivity contribution in [2.75, 3.05) is 32.7 Å². The maximum absolute atomic E-state index is 9.74. The number of nitrogens with zero attached hydrogens (tertiary/aromatic N) is 2. The maximum atomic E-state index is 9.74. The second-order valence-corrected chi connectivity index (χ2v) is 5.61. The molecule has 2 N–H and O–H groups in total. The van der Waals surface area contributed by atoms with Crippen LogP contribution in [0.1, 0.15) is 27.7 Å². The highest BCUT2D eigenvalue weighted by atomic mass is 16.3. The molecule has 16 heavy (non-hydrogen) atoms. The van der Waals surface area contributed by atoms with Gasteiger partial charge in [0, 0.05) is 38.8 Å². The first kappa shape index (κ1) is 13.9. The SMILES string of the molecule is CC(O)C(C)N1CCN(CC(C)(C)O)CC1. The molecule has 0 radical (unpaired) electrons. The number of β-amino-alcohol motifs (C(OH)–C–C–N with tert-alkyl or cyclic N) is 1. The van der Waals surface area contributed by atoms with Gasteiger partial charge in [-0.3, -0.25) is 9.80 Å². The predicted octanol–water partition coefficient (Wildman–Crippen LogP) is 0.144. The molecule has 1 heterocycles. The standard InChI is InChI=1S/C12H26N2O2/c1-10(11(2)15)14-7-5-13(6-8-14)9-12(3,4)16/h10-11,15-16H,5-9H2,1-4H3. The Bertz CT molecular complexity index is 206. The summed E-state index contributed by atoms with van der Waals surface area (Å²) in [6, 6.07) is 0.226. The van der Waals surface area contributed by atoms with Crippen LogP contribution >= 0.6 is 0 Å². The van der Waals surface area contributed by atoms with E-state index in [-0.39, 0.29) is 12.1 Å². The lowest BCUT2D eigenvalue weighted by molar-refractivity contribution is -0.00321. The van der Waals surface area contributed by atoms with Crippen molar-refractivity contribution < 1.29 is 10.2 Å². The molecule has 96 valence electrons. The first-order chi connectivity index (χ1) is 7.29. The molecule has 0 bridgehead atoms. The fraction of sp³-hybridized carbons (Fsp3) is 1.00. The van der Waals surface area contributed by atoms with Crippen molar-refractivity contribution in [1.82, 2.24) is 9.80 Å². The van der Waals surface area contributed by atoms with Crippen molar-refractivity contribution in [2.45, 2.75) is 45.4 Å². The molecule has 1 rings (SSSR count). The largest absolute Gasteiger partial charge is 0.392 e. The molecular formula is C12H26N2O2. The van der Waals surface area contributed by atoms with Crippen LogP contribution in [0, 0.1) is 0 Å². The highest BCUT2D eigenvalue weighted by molar-refractivity contribution is 4.81. The summed E-state index contributed by atoms with van der Waals surface area (Å²) in [4.78, 5) is 4.59. The number of aliphatic hydroxyl groups is 2. The van der Waals surface area contributed by atoms with Crippen LogP contribution in [0.4, 0.5) is 0 Å². The Morgan fingerprint density at radius 2 is 1.62 bits per heavy atom. The third-order valence-electron chi connectivity index (χ3n) is 3.29. The second-order valence-electron chi connectivity index (χ2n) is 5.61. The molecule has 0 spiro atoms. The molecule has 0 saturated carbocycles. The van der Waals surface area contributed by atoms with Gasteiger partial charge in [-0.1, -0.05) is 0 Å². The Labute approximate surface area is 98.9 Å². The molecule has 0 aromatic carbocycles. The zero-order chi connectivity index (χ0) is 12.3. The smallest absolute Gasteiger partial charge is 0.0718 e. The van der Waals surface area contributed by atoms with Crippen molar-refractivity contribution in [2.24, 2.45) is 0 Å². The van der Waals surface area contributed by atoms with Crippen molar-refractivity contribution >= 4 is 0 Å². The maximum Gasteiger partial charge on any atom is 0.0718 e. The van der Waals surface area contributed by atoms with Crippen LogP contribution in [0.15, 0.2) is 0 Å². The minimum atomic E-state index is -0.613. The Balaban J connectivity index is 2.34. The van der Waals surface area contributed by atoms with E-state index in [1.807, 2.05) is 20.8 Å². The molecule has 4 nitrogen and oxygen atoms in total. The van der Waals surface area contributed by atoms with Crippen molar-refractivity contribution in [3.8, 4) is 0 Å². The van der Waals surface area contributed by atoms with Gasteiger partial charge in [-0.2, -0.15) is 0 Å². The molecule has 2 unspecified atom stereocenters. The van der Waals surface area contributed by atoms with Gasteiger partial charge in [0.15, 0.2) is 0 Å². The molecule has 1 saturated heterocycles. The zero-order valence-corrected chi connectivity index (χ0v) is 11.0. The average molecular weight is 230 g/mol. The van der Waals surface area contributed by atoms with Crippen LogP contribution in [0.5, 0.6) is 0 Å². The van der Waals surface area contributed by atoms with Crippen LogP contribution in [-0.2, 0) is 0 Å². The minimum Gasteiger partial charge on any atom is -0.392 e. The Morgan fingerprint density at radius 1 is 1.12 bits per heavy atom. The first-order valence-electron chi connectivity index (χ1n) is 6.16. The summed E-state index contributed by atoms with van der Waals surface area (Å²) in [6.45, 7) is 12.2. The number of piperazine rings is 1. The predicted molar refractivity (Wildman–Crippen MR) is 65.5 cm³/mol. The van der Waals surface area contributed by atoms with Gasteiger partial charge < -0.3 is 10.2 Å². The molecule has 0 aromatic heterocycles. The summed E-state index contributed by atoms with van der Waals surface area (Å²) in [5.41, 5.74) is -0.613.